The molecule has 5 heteroatoms. The van der Waals surface area contributed by atoms with Crippen LogP contribution in [0.3, 0.4) is 0 Å². The molecule has 2 aromatic rings. The Kier molecular flexibility index (Phi) is 2.14. The lowest BCUT2D eigenvalue weighted by molar-refractivity contribution is 0.808. The van der Waals surface area contributed by atoms with Gasteiger partial charge in [0.1, 0.15) is 0 Å². The number of hydrogen-bond donors (Lipinski definition) is 1. The van der Waals surface area contributed by atoms with Gasteiger partial charge in [0.2, 0.25) is 0 Å². The van der Waals surface area contributed by atoms with Crippen LogP contribution in [0.25, 0.3) is 5.95 Å². The maximum Gasteiger partial charge on any atom is 0.250 e. The number of nitrogens with two attached hydrogens (primary N) is 1. The van der Waals surface area contributed by atoms with Crippen LogP contribution in [0.4, 0.5) is 5.69 Å². The summed E-state index contributed by atoms with van der Waals surface area (Å²) < 4.78 is 1.64. The smallest absolute Gasteiger partial charge is 0.250 e. The van der Waals surface area contributed by atoms with E-state index in [1.807, 2.05) is 6.20 Å². The monoisotopic (exact) mass is 189 g/mol. The average molecular weight is 189 g/mol. The van der Waals surface area contributed by atoms with Crippen molar-refractivity contribution in [2.24, 2.45) is 0 Å². The summed E-state index contributed by atoms with van der Waals surface area (Å²) in [6.45, 7) is 2.07. The van der Waals surface area contributed by atoms with Crippen LogP contribution in [0, 0.1) is 0 Å². The highest BCUT2D eigenvalue weighted by Gasteiger charge is 2.01. The molecule has 0 amide bonds. The number of nitrogens with zero attached hydrogens (tertiary/aromatic N) is 4. The number of nitrogen functional groups attached to an aromatic ring is 1. The van der Waals surface area contributed by atoms with E-state index in [0.29, 0.717) is 11.6 Å². The second kappa shape index (κ2) is 3.45. The van der Waals surface area contributed by atoms with Crippen LogP contribution in [-0.2, 0) is 6.42 Å². The third-order valence-electron chi connectivity index (χ3n) is 1.91. The van der Waals surface area contributed by atoms with E-state index in [4.69, 9.17) is 5.73 Å². The van der Waals surface area contributed by atoms with Gasteiger partial charge >= 0.3 is 0 Å². The molecule has 2 heterocycles. The summed E-state index contributed by atoms with van der Waals surface area (Å²) in [6.07, 6.45) is 7.80. The first-order valence-corrected chi connectivity index (χ1v) is 4.41. The molecule has 2 N–H and O–H groups in total. The van der Waals surface area contributed by atoms with Crippen LogP contribution in [-0.4, -0.2) is 19.7 Å². The fraction of sp³-hybridized carbons (Fsp3) is 0.222. The van der Waals surface area contributed by atoms with Crippen molar-refractivity contribution in [3.05, 3.63) is 30.4 Å². The Balaban J connectivity index is 2.34. The zero-order valence-corrected chi connectivity index (χ0v) is 7.88. The van der Waals surface area contributed by atoms with Gasteiger partial charge in [-0.05, 0) is 12.0 Å². The Labute approximate surface area is 81.6 Å². The second-order valence-electron chi connectivity index (χ2n) is 2.96. The third-order valence-corrected chi connectivity index (χ3v) is 1.91. The summed E-state index contributed by atoms with van der Waals surface area (Å²) in [4.78, 5) is 8.12. The maximum atomic E-state index is 5.48. The molecule has 0 spiro atoms. The summed E-state index contributed by atoms with van der Waals surface area (Å²) in [5.41, 5.74) is 7.19. The topological polar surface area (TPSA) is 69.6 Å². The molecule has 5 nitrogen and oxygen atoms in total. The Hall–Kier alpha value is -1.91. The third kappa shape index (κ3) is 1.56. The first kappa shape index (κ1) is 8.68. The van der Waals surface area contributed by atoms with Crippen molar-refractivity contribution in [1.29, 1.82) is 0 Å². The van der Waals surface area contributed by atoms with Gasteiger partial charge in [-0.1, -0.05) is 6.92 Å². The minimum atomic E-state index is 0.541. The Morgan fingerprint density at radius 2 is 2.00 bits per heavy atom. The predicted octanol–water partition coefficient (Wildman–Crippen LogP) is 0.807. The quantitative estimate of drug-likeness (QED) is 0.758. The van der Waals surface area contributed by atoms with E-state index >= 15 is 0 Å². The predicted molar refractivity (Wildman–Crippen MR) is 52.9 cm³/mol. The van der Waals surface area contributed by atoms with Gasteiger partial charge in [-0.15, -0.1) is 0 Å². The molecule has 0 aliphatic heterocycles. The van der Waals surface area contributed by atoms with Crippen molar-refractivity contribution in [2.75, 3.05) is 5.73 Å². The van der Waals surface area contributed by atoms with Gasteiger partial charge in [-0.25, -0.2) is 14.6 Å². The highest BCUT2D eigenvalue weighted by atomic mass is 15.3. The number of hydrogen-bond acceptors (Lipinski definition) is 4. The maximum absolute atomic E-state index is 5.48. The molecule has 2 rings (SSSR count). The molecule has 0 saturated heterocycles. The minimum Gasteiger partial charge on any atom is -0.396 e. The van der Waals surface area contributed by atoms with E-state index in [2.05, 4.69) is 22.0 Å². The normalized spacial score (nSPS) is 10.4. The summed E-state index contributed by atoms with van der Waals surface area (Å²) in [6, 6.07) is 0. The zero-order valence-electron chi connectivity index (χ0n) is 7.88. The average Bonchev–Trinajstić information content (AvgIpc) is 2.67. The van der Waals surface area contributed by atoms with Crippen LogP contribution < -0.4 is 5.73 Å². The van der Waals surface area contributed by atoms with E-state index in [-0.39, 0.29) is 0 Å². The van der Waals surface area contributed by atoms with Gasteiger partial charge in [0.15, 0.2) is 0 Å². The SMILES string of the molecule is CCc1cnn(-c2ncc(N)cn2)c1. The lowest BCUT2D eigenvalue weighted by atomic mass is 10.3. The molecule has 2 aromatic heterocycles. The first-order valence-electron chi connectivity index (χ1n) is 4.41. The number of aromatic nitrogens is 4. The van der Waals surface area contributed by atoms with Crippen LogP contribution >= 0.6 is 0 Å². The van der Waals surface area contributed by atoms with Crippen molar-refractivity contribution in [1.82, 2.24) is 19.7 Å². The Bertz CT molecular complexity index is 417. The van der Waals surface area contributed by atoms with Crippen molar-refractivity contribution in [3.63, 3.8) is 0 Å². The van der Waals surface area contributed by atoms with Crippen LogP contribution in [0.15, 0.2) is 24.8 Å². The lowest BCUT2D eigenvalue weighted by Gasteiger charge is -1.97. The molecule has 72 valence electrons. The van der Waals surface area contributed by atoms with E-state index in [1.165, 1.54) is 0 Å². The number of rotatable bonds is 2. The zero-order chi connectivity index (χ0) is 9.97. The molecule has 0 atom stereocenters. The van der Waals surface area contributed by atoms with Crippen molar-refractivity contribution in [2.45, 2.75) is 13.3 Å². The molecule has 0 fully saturated rings. The molecule has 0 saturated carbocycles. The molecule has 0 aliphatic carbocycles. The highest BCUT2D eigenvalue weighted by molar-refractivity contribution is 5.32. The summed E-state index contributed by atoms with van der Waals surface area (Å²) in [7, 11) is 0. The van der Waals surface area contributed by atoms with Gasteiger partial charge in [-0.3, -0.25) is 0 Å². The second-order valence-corrected chi connectivity index (χ2v) is 2.96. The molecule has 0 aliphatic rings. The van der Waals surface area contributed by atoms with E-state index in [9.17, 15) is 0 Å². The fourth-order valence-corrected chi connectivity index (χ4v) is 1.10. The number of aryl methyl sites for hydroxylation is 1. The van der Waals surface area contributed by atoms with Gasteiger partial charge in [-0.2, -0.15) is 5.10 Å². The van der Waals surface area contributed by atoms with E-state index in [0.717, 1.165) is 12.0 Å². The highest BCUT2D eigenvalue weighted by Crippen LogP contribution is 2.04. The number of anilines is 1. The van der Waals surface area contributed by atoms with Gasteiger partial charge in [0, 0.05) is 6.20 Å². The largest absolute Gasteiger partial charge is 0.396 e. The molecule has 0 radical (unpaired) electrons. The molecular formula is C9H11N5. The molecule has 0 aromatic carbocycles. The van der Waals surface area contributed by atoms with Crippen molar-refractivity contribution >= 4 is 5.69 Å². The summed E-state index contributed by atoms with van der Waals surface area (Å²) in [5, 5.41) is 4.14. The molecule has 0 bridgehead atoms. The fourth-order valence-electron chi connectivity index (χ4n) is 1.10. The van der Waals surface area contributed by atoms with Gasteiger partial charge < -0.3 is 5.73 Å². The Morgan fingerprint density at radius 3 is 2.57 bits per heavy atom. The van der Waals surface area contributed by atoms with E-state index in [1.54, 1.807) is 23.3 Å². The molecular weight excluding hydrogens is 178 g/mol. The summed E-state index contributed by atoms with van der Waals surface area (Å²) in [5.74, 6) is 0.541. The van der Waals surface area contributed by atoms with Crippen LogP contribution in [0.1, 0.15) is 12.5 Å². The van der Waals surface area contributed by atoms with Crippen LogP contribution in [0.5, 0.6) is 0 Å². The summed E-state index contributed by atoms with van der Waals surface area (Å²) >= 11 is 0. The standard InChI is InChI=1S/C9H11N5/c1-2-7-3-13-14(6-7)9-11-4-8(10)5-12-9/h3-6H,2,10H2,1H3. The Morgan fingerprint density at radius 1 is 1.29 bits per heavy atom. The van der Waals surface area contributed by atoms with Crippen molar-refractivity contribution < 1.29 is 0 Å². The van der Waals surface area contributed by atoms with Gasteiger partial charge in [0.25, 0.3) is 5.95 Å². The van der Waals surface area contributed by atoms with Gasteiger partial charge in [0.05, 0.1) is 24.3 Å². The molecule has 14 heavy (non-hydrogen) atoms. The lowest BCUT2D eigenvalue weighted by Crippen LogP contribution is -2.01. The van der Waals surface area contributed by atoms with Crippen LogP contribution in [0.2, 0.25) is 0 Å². The van der Waals surface area contributed by atoms with Crippen molar-refractivity contribution in [3.8, 4) is 5.95 Å². The first-order chi connectivity index (χ1) is 6.79. The minimum absolute atomic E-state index is 0.541. The van der Waals surface area contributed by atoms with E-state index < -0.39 is 0 Å². The molecule has 0 unspecified atom stereocenters.